The maximum absolute atomic E-state index is 5.39. The van der Waals surface area contributed by atoms with Crippen LogP contribution in [-0.2, 0) is 4.74 Å². The zero-order valence-electron chi connectivity index (χ0n) is 12.5. The molecule has 1 N–H and O–H groups in total. The van der Waals surface area contributed by atoms with Crippen LogP contribution in [0.1, 0.15) is 5.56 Å². The summed E-state index contributed by atoms with van der Waals surface area (Å²) in [5.41, 5.74) is 4.30. The van der Waals surface area contributed by atoms with E-state index in [0.717, 1.165) is 49.1 Å². The molecule has 1 aliphatic rings. The fraction of sp³-hybridized carbons (Fsp3) is 0.375. The number of nitrogens with one attached hydrogen (secondary N) is 1. The number of aryl methyl sites for hydroxylation is 1. The highest BCUT2D eigenvalue weighted by Crippen LogP contribution is 2.26. The lowest BCUT2D eigenvalue weighted by molar-refractivity contribution is 0.122. The third kappa shape index (κ3) is 2.97. The fourth-order valence-corrected chi connectivity index (χ4v) is 2.48. The molecule has 0 unspecified atom stereocenters. The van der Waals surface area contributed by atoms with Crippen molar-refractivity contribution >= 4 is 11.5 Å². The number of anilines is 2. The minimum atomic E-state index is 0.750. The van der Waals surface area contributed by atoms with Crippen LogP contribution in [0.3, 0.4) is 0 Å². The van der Waals surface area contributed by atoms with Crippen molar-refractivity contribution in [3.63, 3.8) is 0 Å². The third-order valence-corrected chi connectivity index (χ3v) is 3.76. The van der Waals surface area contributed by atoms with Gasteiger partial charge >= 0.3 is 0 Å². The third-order valence-electron chi connectivity index (χ3n) is 3.76. The van der Waals surface area contributed by atoms with E-state index in [2.05, 4.69) is 40.3 Å². The molecule has 3 rings (SSSR count). The van der Waals surface area contributed by atoms with Gasteiger partial charge in [0, 0.05) is 31.4 Å². The molecule has 1 aromatic heterocycles. The Labute approximate surface area is 125 Å². The maximum atomic E-state index is 5.39. The van der Waals surface area contributed by atoms with Crippen LogP contribution >= 0.6 is 0 Å². The molecule has 1 aliphatic heterocycles. The van der Waals surface area contributed by atoms with Crippen molar-refractivity contribution in [3.05, 3.63) is 36.2 Å². The van der Waals surface area contributed by atoms with E-state index in [4.69, 9.17) is 9.72 Å². The standard InChI is InChI=1S/C16H20N4O/c1-12-3-4-13(17-2)9-14(12)15-10-18-11-16(19-15)20-5-7-21-8-6-20/h3-4,9-11,17H,5-8H2,1-2H3. The highest BCUT2D eigenvalue weighted by atomic mass is 16.5. The molecule has 0 bridgehead atoms. The summed E-state index contributed by atoms with van der Waals surface area (Å²) in [5.74, 6) is 0.921. The summed E-state index contributed by atoms with van der Waals surface area (Å²) in [7, 11) is 1.92. The van der Waals surface area contributed by atoms with Crippen molar-refractivity contribution in [2.45, 2.75) is 6.92 Å². The topological polar surface area (TPSA) is 50.3 Å². The second-order valence-electron chi connectivity index (χ2n) is 5.14. The van der Waals surface area contributed by atoms with E-state index in [1.807, 2.05) is 19.4 Å². The molecule has 1 aromatic carbocycles. The quantitative estimate of drug-likeness (QED) is 0.937. The fourth-order valence-electron chi connectivity index (χ4n) is 2.48. The number of benzene rings is 1. The average molecular weight is 284 g/mol. The van der Waals surface area contributed by atoms with Crippen molar-refractivity contribution < 1.29 is 4.74 Å². The summed E-state index contributed by atoms with van der Waals surface area (Å²) in [5, 5.41) is 3.17. The first-order chi connectivity index (χ1) is 10.3. The van der Waals surface area contributed by atoms with Crippen molar-refractivity contribution in [2.24, 2.45) is 0 Å². The zero-order chi connectivity index (χ0) is 14.7. The molecule has 110 valence electrons. The predicted molar refractivity (Wildman–Crippen MR) is 84.8 cm³/mol. The lowest BCUT2D eigenvalue weighted by Crippen LogP contribution is -2.36. The maximum Gasteiger partial charge on any atom is 0.147 e. The smallest absolute Gasteiger partial charge is 0.147 e. The van der Waals surface area contributed by atoms with E-state index in [1.54, 1.807) is 0 Å². The second-order valence-corrected chi connectivity index (χ2v) is 5.14. The number of morpholine rings is 1. The Balaban J connectivity index is 1.95. The Morgan fingerprint density at radius 1 is 1.19 bits per heavy atom. The largest absolute Gasteiger partial charge is 0.388 e. The summed E-state index contributed by atoms with van der Waals surface area (Å²) < 4.78 is 5.39. The Kier molecular flexibility index (Phi) is 4.01. The number of hydrogen-bond acceptors (Lipinski definition) is 5. The highest BCUT2D eigenvalue weighted by Gasteiger charge is 2.14. The van der Waals surface area contributed by atoms with Gasteiger partial charge in [0.1, 0.15) is 5.82 Å². The summed E-state index contributed by atoms with van der Waals surface area (Å²) in [6.07, 6.45) is 3.65. The van der Waals surface area contributed by atoms with Gasteiger partial charge in [-0.1, -0.05) is 6.07 Å². The number of ether oxygens (including phenoxy) is 1. The molecule has 1 saturated heterocycles. The van der Waals surface area contributed by atoms with Crippen molar-refractivity contribution in [1.29, 1.82) is 0 Å². The second kappa shape index (κ2) is 6.10. The van der Waals surface area contributed by atoms with Crippen molar-refractivity contribution in [1.82, 2.24) is 9.97 Å². The summed E-state index contributed by atoms with van der Waals surface area (Å²) >= 11 is 0. The van der Waals surface area contributed by atoms with Crippen molar-refractivity contribution in [3.8, 4) is 11.3 Å². The lowest BCUT2D eigenvalue weighted by atomic mass is 10.1. The molecule has 0 amide bonds. The highest BCUT2D eigenvalue weighted by molar-refractivity contribution is 5.69. The Morgan fingerprint density at radius 3 is 2.76 bits per heavy atom. The number of hydrogen-bond donors (Lipinski definition) is 1. The molecular weight excluding hydrogens is 264 g/mol. The minimum absolute atomic E-state index is 0.750. The van der Waals surface area contributed by atoms with E-state index >= 15 is 0 Å². The van der Waals surface area contributed by atoms with Gasteiger partial charge in [-0.25, -0.2) is 4.98 Å². The van der Waals surface area contributed by atoms with Crippen LogP contribution in [-0.4, -0.2) is 43.3 Å². The SMILES string of the molecule is CNc1ccc(C)c(-c2cncc(N3CCOCC3)n2)c1. The zero-order valence-corrected chi connectivity index (χ0v) is 12.5. The average Bonchev–Trinajstić information content (AvgIpc) is 2.56. The normalized spacial score (nSPS) is 15.0. The Bertz CT molecular complexity index is 623. The van der Waals surface area contributed by atoms with Gasteiger partial charge in [0.05, 0.1) is 31.3 Å². The monoisotopic (exact) mass is 284 g/mol. The van der Waals surface area contributed by atoms with Crippen LogP contribution in [0.5, 0.6) is 0 Å². The molecule has 2 aromatic rings. The molecule has 2 heterocycles. The first kappa shape index (κ1) is 13.8. The Morgan fingerprint density at radius 2 is 2.00 bits per heavy atom. The van der Waals surface area contributed by atoms with Gasteiger partial charge in [-0.05, 0) is 24.6 Å². The van der Waals surface area contributed by atoms with Gasteiger partial charge in [0.25, 0.3) is 0 Å². The van der Waals surface area contributed by atoms with Gasteiger partial charge < -0.3 is 15.0 Å². The van der Waals surface area contributed by atoms with Crippen LogP contribution in [0.2, 0.25) is 0 Å². The number of aromatic nitrogens is 2. The molecule has 0 radical (unpaired) electrons. The van der Waals surface area contributed by atoms with Gasteiger partial charge in [0.15, 0.2) is 0 Å². The van der Waals surface area contributed by atoms with E-state index in [1.165, 1.54) is 5.56 Å². The molecular formula is C16H20N4O. The molecule has 0 saturated carbocycles. The van der Waals surface area contributed by atoms with Crippen LogP contribution in [0.15, 0.2) is 30.6 Å². The van der Waals surface area contributed by atoms with E-state index in [-0.39, 0.29) is 0 Å². The number of rotatable bonds is 3. The number of nitrogens with zero attached hydrogens (tertiary/aromatic N) is 3. The molecule has 21 heavy (non-hydrogen) atoms. The first-order valence-corrected chi connectivity index (χ1v) is 7.21. The van der Waals surface area contributed by atoms with Gasteiger partial charge in [-0.15, -0.1) is 0 Å². The first-order valence-electron chi connectivity index (χ1n) is 7.21. The molecule has 0 spiro atoms. The Hall–Kier alpha value is -2.14. The van der Waals surface area contributed by atoms with Crippen LogP contribution < -0.4 is 10.2 Å². The van der Waals surface area contributed by atoms with Crippen LogP contribution in [0, 0.1) is 6.92 Å². The molecule has 0 atom stereocenters. The minimum Gasteiger partial charge on any atom is -0.388 e. The predicted octanol–water partition coefficient (Wildman–Crippen LogP) is 2.33. The molecule has 1 fully saturated rings. The molecule has 5 nitrogen and oxygen atoms in total. The summed E-state index contributed by atoms with van der Waals surface area (Å²) in [6, 6.07) is 6.28. The van der Waals surface area contributed by atoms with Crippen molar-refractivity contribution in [2.75, 3.05) is 43.6 Å². The van der Waals surface area contributed by atoms with E-state index in [0.29, 0.717) is 0 Å². The van der Waals surface area contributed by atoms with Gasteiger partial charge in [0.2, 0.25) is 0 Å². The van der Waals surface area contributed by atoms with E-state index in [9.17, 15) is 0 Å². The van der Waals surface area contributed by atoms with Crippen LogP contribution in [0.4, 0.5) is 11.5 Å². The lowest BCUT2D eigenvalue weighted by Gasteiger charge is -2.27. The molecule has 5 heteroatoms. The van der Waals surface area contributed by atoms with Gasteiger partial charge in [-0.2, -0.15) is 0 Å². The summed E-state index contributed by atoms with van der Waals surface area (Å²) in [6.45, 7) is 5.33. The van der Waals surface area contributed by atoms with Gasteiger partial charge in [-0.3, -0.25) is 4.98 Å². The van der Waals surface area contributed by atoms with Crippen LogP contribution in [0.25, 0.3) is 11.3 Å². The molecule has 0 aliphatic carbocycles. The summed E-state index contributed by atoms with van der Waals surface area (Å²) in [4.78, 5) is 11.4. The van der Waals surface area contributed by atoms with E-state index < -0.39 is 0 Å².